The van der Waals surface area contributed by atoms with Crippen molar-refractivity contribution < 1.29 is 4.74 Å². The Kier molecular flexibility index (Phi) is 9.14. The van der Waals surface area contributed by atoms with Gasteiger partial charge in [0.15, 0.2) is 0 Å². The SMILES string of the molecule is CCOC(=S)N(CC=CCl)CC=CCl. The normalized spacial score (nSPS) is 11.1. The second kappa shape index (κ2) is 9.31. The van der Waals surface area contributed by atoms with Crippen molar-refractivity contribution in [3.63, 3.8) is 0 Å². The zero-order valence-electron chi connectivity index (χ0n) is 7.95. The molecule has 0 unspecified atom stereocenters. The van der Waals surface area contributed by atoms with Crippen LogP contribution in [0.1, 0.15) is 6.92 Å². The molecule has 80 valence electrons. The average molecular weight is 254 g/mol. The first-order valence-corrected chi connectivity index (χ1v) is 5.46. The first-order valence-electron chi connectivity index (χ1n) is 4.18. The van der Waals surface area contributed by atoms with Gasteiger partial charge in [0.05, 0.1) is 6.61 Å². The van der Waals surface area contributed by atoms with Crippen LogP contribution in [-0.2, 0) is 4.74 Å². The molecule has 0 aliphatic heterocycles. The van der Waals surface area contributed by atoms with Crippen LogP contribution < -0.4 is 0 Å². The summed E-state index contributed by atoms with van der Waals surface area (Å²) in [5, 5.41) is 0.456. The second-order valence-electron chi connectivity index (χ2n) is 2.33. The van der Waals surface area contributed by atoms with E-state index >= 15 is 0 Å². The number of hydrogen-bond donors (Lipinski definition) is 0. The molecule has 0 N–H and O–H groups in total. The molecule has 0 rings (SSSR count). The number of thiocarbonyl (C=S) groups is 1. The van der Waals surface area contributed by atoms with Crippen LogP contribution >= 0.6 is 35.4 Å². The Balaban J connectivity index is 4.14. The Morgan fingerprint density at radius 1 is 1.29 bits per heavy atom. The lowest BCUT2D eigenvalue weighted by Crippen LogP contribution is -2.31. The molecule has 0 amide bonds. The van der Waals surface area contributed by atoms with Gasteiger partial charge >= 0.3 is 0 Å². The average Bonchev–Trinajstić information content (AvgIpc) is 2.18. The van der Waals surface area contributed by atoms with Gasteiger partial charge in [-0.05, 0) is 19.1 Å². The van der Waals surface area contributed by atoms with Crippen molar-refractivity contribution >= 4 is 40.6 Å². The predicted molar refractivity (Wildman–Crippen MR) is 65.8 cm³/mol. The van der Waals surface area contributed by atoms with Crippen LogP contribution in [0.15, 0.2) is 23.2 Å². The maximum absolute atomic E-state index is 5.43. The van der Waals surface area contributed by atoms with E-state index in [-0.39, 0.29) is 0 Å². The summed E-state index contributed by atoms with van der Waals surface area (Å²) in [5.41, 5.74) is 2.90. The molecular weight excluding hydrogens is 241 g/mol. The molecule has 0 radical (unpaired) electrons. The summed E-state index contributed by atoms with van der Waals surface area (Å²) in [5.74, 6) is 0. The Morgan fingerprint density at radius 2 is 1.79 bits per heavy atom. The highest BCUT2D eigenvalue weighted by molar-refractivity contribution is 7.80. The van der Waals surface area contributed by atoms with E-state index in [1.54, 1.807) is 12.2 Å². The lowest BCUT2D eigenvalue weighted by molar-refractivity contribution is 0.272. The molecule has 0 aliphatic carbocycles. The Morgan fingerprint density at radius 3 is 2.14 bits per heavy atom. The Bertz CT molecular complexity index is 205. The topological polar surface area (TPSA) is 12.5 Å². The van der Waals surface area contributed by atoms with Crippen molar-refractivity contribution in [3.8, 4) is 0 Å². The fourth-order valence-corrected chi connectivity index (χ4v) is 1.20. The lowest BCUT2D eigenvalue weighted by Gasteiger charge is -2.21. The first-order chi connectivity index (χ1) is 6.76. The molecule has 2 nitrogen and oxygen atoms in total. The molecule has 0 saturated carbocycles. The highest BCUT2D eigenvalue weighted by Gasteiger charge is 2.06. The fourth-order valence-electron chi connectivity index (χ4n) is 0.773. The monoisotopic (exact) mass is 253 g/mol. The lowest BCUT2D eigenvalue weighted by atomic mass is 10.5. The predicted octanol–water partition coefficient (Wildman–Crippen LogP) is 3.11. The minimum absolute atomic E-state index is 0.456. The summed E-state index contributed by atoms with van der Waals surface area (Å²) in [6.45, 7) is 3.68. The summed E-state index contributed by atoms with van der Waals surface area (Å²) >= 11 is 15.9. The molecule has 0 aromatic rings. The van der Waals surface area contributed by atoms with E-state index < -0.39 is 0 Å². The molecule has 0 spiro atoms. The quantitative estimate of drug-likeness (QED) is 0.699. The third-order valence-electron chi connectivity index (χ3n) is 1.36. The molecule has 0 atom stereocenters. The molecule has 0 aromatic heterocycles. The van der Waals surface area contributed by atoms with Gasteiger partial charge in [-0.2, -0.15) is 0 Å². The van der Waals surface area contributed by atoms with Gasteiger partial charge in [0.1, 0.15) is 0 Å². The van der Waals surface area contributed by atoms with Gasteiger partial charge in [0.2, 0.25) is 0 Å². The van der Waals surface area contributed by atoms with Crippen LogP contribution in [-0.4, -0.2) is 29.8 Å². The van der Waals surface area contributed by atoms with Gasteiger partial charge in [-0.1, -0.05) is 35.4 Å². The van der Waals surface area contributed by atoms with Gasteiger partial charge in [-0.3, -0.25) is 0 Å². The largest absolute Gasteiger partial charge is 0.471 e. The number of rotatable bonds is 5. The highest BCUT2D eigenvalue weighted by Crippen LogP contribution is 1.97. The fraction of sp³-hybridized carbons (Fsp3) is 0.444. The number of nitrogens with zero attached hydrogens (tertiary/aromatic N) is 1. The van der Waals surface area contributed by atoms with Gasteiger partial charge in [0, 0.05) is 24.2 Å². The summed E-state index contributed by atoms with van der Waals surface area (Å²) in [6, 6.07) is 0. The smallest absolute Gasteiger partial charge is 0.259 e. The maximum atomic E-state index is 5.43. The molecule has 14 heavy (non-hydrogen) atoms. The molecular formula is C9H13Cl2NOS. The zero-order valence-corrected chi connectivity index (χ0v) is 10.3. The van der Waals surface area contributed by atoms with E-state index in [0.29, 0.717) is 24.9 Å². The third kappa shape index (κ3) is 6.24. The minimum atomic E-state index is 0.456. The van der Waals surface area contributed by atoms with Crippen LogP contribution in [0, 0.1) is 0 Å². The van der Waals surface area contributed by atoms with Crippen molar-refractivity contribution in [1.82, 2.24) is 4.90 Å². The van der Waals surface area contributed by atoms with Gasteiger partial charge in [-0.15, -0.1) is 0 Å². The zero-order chi connectivity index (χ0) is 10.8. The van der Waals surface area contributed by atoms with E-state index in [0.717, 1.165) is 0 Å². The number of ether oxygens (including phenoxy) is 1. The Hall–Kier alpha value is -0.250. The standard InChI is InChI=1S/C9H13Cl2NOS/c1-2-13-9(14)12(7-3-5-10)8-4-6-11/h3-6H,2,7-8H2,1H3. The van der Waals surface area contributed by atoms with Crippen LogP contribution in [0.5, 0.6) is 0 Å². The van der Waals surface area contributed by atoms with Crippen molar-refractivity contribution in [3.05, 3.63) is 23.2 Å². The minimum Gasteiger partial charge on any atom is -0.471 e. The van der Waals surface area contributed by atoms with E-state index in [9.17, 15) is 0 Å². The van der Waals surface area contributed by atoms with Crippen molar-refractivity contribution in [1.29, 1.82) is 0 Å². The third-order valence-corrected chi connectivity index (χ3v) is 2.09. The van der Waals surface area contributed by atoms with E-state index in [2.05, 4.69) is 0 Å². The second-order valence-corrected chi connectivity index (χ2v) is 3.18. The summed E-state index contributed by atoms with van der Waals surface area (Å²) in [7, 11) is 0. The van der Waals surface area contributed by atoms with E-state index in [1.807, 2.05) is 11.8 Å². The maximum Gasteiger partial charge on any atom is 0.259 e. The highest BCUT2D eigenvalue weighted by atomic mass is 35.5. The van der Waals surface area contributed by atoms with E-state index in [4.69, 9.17) is 40.2 Å². The van der Waals surface area contributed by atoms with Crippen molar-refractivity contribution in [2.24, 2.45) is 0 Å². The molecule has 5 heteroatoms. The van der Waals surface area contributed by atoms with Crippen molar-refractivity contribution in [2.75, 3.05) is 19.7 Å². The van der Waals surface area contributed by atoms with Crippen LogP contribution in [0.4, 0.5) is 0 Å². The van der Waals surface area contributed by atoms with Crippen LogP contribution in [0.25, 0.3) is 0 Å². The molecule has 0 heterocycles. The van der Waals surface area contributed by atoms with Crippen LogP contribution in [0.3, 0.4) is 0 Å². The molecule has 0 fully saturated rings. The molecule has 0 aliphatic rings. The van der Waals surface area contributed by atoms with Gasteiger partial charge in [0.25, 0.3) is 5.17 Å². The molecule has 0 bridgehead atoms. The number of hydrogen-bond acceptors (Lipinski definition) is 2. The summed E-state index contributed by atoms with van der Waals surface area (Å²) in [4.78, 5) is 1.84. The number of halogens is 2. The van der Waals surface area contributed by atoms with E-state index in [1.165, 1.54) is 11.1 Å². The molecule has 0 aromatic carbocycles. The first kappa shape index (κ1) is 13.8. The Labute approximate surface area is 100 Å². The molecule has 0 saturated heterocycles. The van der Waals surface area contributed by atoms with Gasteiger partial charge in [-0.25, -0.2) is 0 Å². The summed E-state index contributed by atoms with van der Waals surface area (Å²) in [6.07, 6.45) is 3.57. The van der Waals surface area contributed by atoms with Crippen LogP contribution in [0.2, 0.25) is 0 Å². The summed E-state index contributed by atoms with van der Waals surface area (Å²) < 4.78 is 5.20. The van der Waals surface area contributed by atoms with Gasteiger partial charge < -0.3 is 9.64 Å². The van der Waals surface area contributed by atoms with Crippen molar-refractivity contribution in [2.45, 2.75) is 6.92 Å².